The lowest BCUT2D eigenvalue weighted by molar-refractivity contribution is 0.596. The molecule has 130 valence electrons. The van der Waals surface area contributed by atoms with Crippen LogP contribution in [0.25, 0.3) is 0 Å². The van der Waals surface area contributed by atoms with Gasteiger partial charge in [0.25, 0.3) is 0 Å². The molecular weight excluding hydrogens is 592 g/mol. The Morgan fingerprint density at radius 2 is 1.17 bits per heavy atom. The molecule has 0 unspecified atom stereocenters. The molecule has 0 aliphatic carbocycles. The summed E-state index contributed by atoms with van der Waals surface area (Å²) in [6.07, 6.45) is 0. The lowest BCUT2D eigenvalue weighted by Gasteiger charge is -2.28. The van der Waals surface area contributed by atoms with Crippen molar-refractivity contribution in [1.29, 1.82) is 0 Å². The molecule has 0 radical (unpaired) electrons. The molecular formula is C15H14Br4N2O2S. The molecule has 24 heavy (non-hydrogen) atoms. The smallest absolute Gasteiger partial charge is 0.240 e. The van der Waals surface area contributed by atoms with Crippen LogP contribution in [0.5, 0.6) is 0 Å². The summed E-state index contributed by atoms with van der Waals surface area (Å²) < 4.78 is 25.9. The zero-order chi connectivity index (χ0) is 18.4. The van der Waals surface area contributed by atoms with Crippen LogP contribution in [0.4, 0.5) is 5.69 Å². The molecule has 0 bridgehead atoms. The van der Waals surface area contributed by atoms with Crippen molar-refractivity contribution >= 4 is 79.4 Å². The van der Waals surface area contributed by atoms with E-state index in [0.717, 1.165) is 20.1 Å². The van der Waals surface area contributed by atoms with E-state index in [1.165, 1.54) is 0 Å². The normalized spacial score (nSPS) is 12.5. The largest absolute Gasteiger partial charge is 0.397 e. The number of nitrogen functional groups attached to an aromatic ring is 1. The summed E-state index contributed by atoms with van der Waals surface area (Å²) in [5.41, 5.74) is 8.11. The van der Waals surface area contributed by atoms with E-state index in [0.29, 0.717) is 14.6 Å². The number of hydrogen-bond acceptors (Lipinski definition) is 3. The van der Waals surface area contributed by atoms with Crippen molar-refractivity contribution in [3.63, 3.8) is 0 Å². The van der Waals surface area contributed by atoms with Crippen LogP contribution in [0.2, 0.25) is 0 Å². The van der Waals surface area contributed by atoms with Crippen LogP contribution < -0.4 is 10.9 Å². The van der Waals surface area contributed by atoms with Crippen molar-refractivity contribution in [2.45, 2.75) is 24.2 Å². The van der Waals surface area contributed by atoms with Gasteiger partial charge in [-0.05, 0) is 99.1 Å². The van der Waals surface area contributed by atoms with E-state index < -0.39 is 15.4 Å². The van der Waals surface area contributed by atoms with Crippen molar-refractivity contribution in [3.8, 4) is 0 Å². The van der Waals surface area contributed by atoms with Crippen LogP contribution in [0.15, 0.2) is 47.1 Å². The van der Waals surface area contributed by atoms with E-state index >= 15 is 0 Å². The third-order valence-electron chi connectivity index (χ3n) is 3.81. The molecule has 0 heterocycles. The van der Waals surface area contributed by atoms with Gasteiger partial charge >= 0.3 is 0 Å². The molecule has 0 atom stereocenters. The van der Waals surface area contributed by atoms with Gasteiger partial charge in [0.05, 0.1) is 5.69 Å². The Bertz CT molecular complexity index is 881. The maximum absolute atomic E-state index is 11.7. The molecule has 0 saturated heterocycles. The minimum Gasteiger partial charge on any atom is -0.397 e. The molecule has 4 N–H and O–H groups in total. The molecule has 0 fully saturated rings. The van der Waals surface area contributed by atoms with Crippen LogP contribution >= 0.6 is 63.7 Å². The Balaban J connectivity index is 2.67. The molecule has 0 spiro atoms. The van der Waals surface area contributed by atoms with Crippen molar-refractivity contribution in [1.82, 2.24) is 0 Å². The minimum absolute atomic E-state index is 0.0294. The summed E-state index contributed by atoms with van der Waals surface area (Å²) in [5.74, 6) is 0. The van der Waals surface area contributed by atoms with Crippen LogP contribution in [-0.2, 0) is 15.4 Å². The molecule has 0 aliphatic heterocycles. The van der Waals surface area contributed by atoms with Crippen molar-refractivity contribution in [2.24, 2.45) is 5.14 Å². The number of halogens is 4. The number of benzene rings is 2. The number of anilines is 1. The lowest BCUT2D eigenvalue weighted by atomic mass is 9.78. The second-order valence-electron chi connectivity index (χ2n) is 5.79. The quantitative estimate of drug-likeness (QED) is 0.466. The topological polar surface area (TPSA) is 86.2 Å². The monoisotopic (exact) mass is 602 g/mol. The molecule has 4 nitrogen and oxygen atoms in total. The molecule has 2 aromatic rings. The molecule has 0 amide bonds. The van der Waals surface area contributed by atoms with Crippen LogP contribution in [0, 0.1) is 0 Å². The summed E-state index contributed by atoms with van der Waals surface area (Å²) in [6, 6.07) is 7.44. The number of rotatable bonds is 3. The van der Waals surface area contributed by atoms with Gasteiger partial charge in [-0.2, -0.15) is 0 Å². The van der Waals surface area contributed by atoms with Crippen LogP contribution in [-0.4, -0.2) is 8.42 Å². The fraction of sp³-hybridized carbons (Fsp3) is 0.200. The molecule has 2 rings (SSSR count). The van der Waals surface area contributed by atoms with Crippen LogP contribution in [0.1, 0.15) is 25.0 Å². The number of hydrogen-bond donors (Lipinski definition) is 2. The van der Waals surface area contributed by atoms with Gasteiger partial charge in [-0.15, -0.1) is 0 Å². The average Bonchev–Trinajstić information content (AvgIpc) is 2.41. The molecule has 0 aromatic heterocycles. The van der Waals surface area contributed by atoms with Gasteiger partial charge in [-0.25, -0.2) is 13.6 Å². The third kappa shape index (κ3) is 3.91. The molecule has 9 heteroatoms. The summed E-state index contributed by atoms with van der Waals surface area (Å²) in [6.45, 7) is 4.09. The Hall–Kier alpha value is 0.0700. The fourth-order valence-electron chi connectivity index (χ4n) is 2.30. The fourth-order valence-corrected chi connectivity index (χ4v) is 6.69. The summed E-state index contributed by atoms with van der Waals surface area (Å²) in [4.78, 5) is 0.0294. The average molecular weight is 606 g/mol. The second kappa shape index (κ2) is 7.00. The third-order valence-corrected chi connectivity index (χ3v) is 7.90. The van der Waals surface area contributed by atoms with E-state index in [-0.39, 0.29) is 4.90 Å². The first-order chi connectivity index (χ1) is 10.9. The first-order valence-corrected chi connectivity index (χ1v) is 11.3. The van der Waals surface area contributed by atoms with Gasteiger partial charge in [-0.1, -0.05) is 13.8 Å². The first-order valence-electron chi connectivity index (χ1n) is 6.63. The number of primary sulfonamides is 1. The standard InChI is InChI=1S/C15H14Br4N2O2S/c1-15(2,7-3-9(16)13(20)10(17)4-7)8-5-11(18)14(12(19)6-8)24(21,22)23/h3-6H,20H2,1-2H3,(H2,21,22,23). The van der Waals surface area contributed by atoms with Gasteiger partial charge < -0.3 is 5.73 Å². The number of nitrogens with two attached hydrogens (primary N) is 2. The molecule has 2 aromatic carbocycles. The summed E-state index contributed by atoms with van der Waals surface area (Å²) >= 11 is 13.5. The first kappa shape index (κ1) is 20.4. The predicted molar refractivity (Wildman–Crippen MR) is 112 cm³/mol. The maximum Gasteiger partial charge on any atom is 0.240 e. The Morgan fingerprint density at radius 1 is 0.833 bits per heavy atom. The maximum atomic E-state index is 11.7. The highest BCUT2D eigenvalue weighted by Crippen LogP contribution is 2.41. The van der Waals surface area contributed by atoms with Gasteiger partial charge in [-0.3, -0.25) is 0 Å². The zero-order valence-corrected chi connectivity index (χ0v) is 19.9. The lowest BCUT2D eigenvalue weighted by Crippen LogP contribution is -2.21. The van der Waals surface area contributed by atoms with E-state index in [2.05, 4.69) is 63.7 Å². The zero-order valence-electron chi connectivity index (χ0n) is 12.7. The Kier molecular flexibility index (Phi) is 5.94. The van der Waals surface area contributed by atoms with Gasteiger partial charge in [0.2, 0.25) is 10.0 Å². The predicted octanol–water partition coefficient (Wildman–Crippen LogP) is 5.29. The second-order valence-corrected chi connectivity index (χ2v) is 10.7. The van der Waals surface area contributed by atoms with E-state index in [1.54, 1.807) is 12.1 Å². The summed E-state index contributed by atoms with van der Waals surface area (Å²) in [7, 11) is -3.84. The van der Waals surface area contributed by atoms with Gasteiger partial charge in [0.15, 0.2) is 0 Å². The van der Waals surface area contributed by atoms with E-state index in [9.17, 15) is 8.42 Å². The van der Waals surface area contributed by atoms with Crippen LogP contribution in [0.3, 0.4) is 0 Å². The van der Waals surface area contributed by atoms with Gasteiger partial charge in [0.1, 0.15) is 4.90 Å². The van der Waals surface area contributed by atoms with Crippen molar-refractivity contribution in [3.05, 3.63) is 53.3 Å². The van der Waals surface area contributed by atoms with E-state index in [1.807, 2.05) is 26.0 Å². The van der Waals surface area contributed by atoms with E-state index in [4.69, 9.17) is 10.9 Å². The number of sulfonamides is 1. The Labute approximate surface area is 174 Å². The molecule has 0 aliphatic rings. The highest BCUT2D eigenvalue weighted by atomic mass is 79.9. The SMILES string of the molecule is CC(C)(c1cc(Br)c(N)c(Br)c1)c1cc(Br)c(S(N)(=O)=O)c(Br)c1. The minimum atomic E-state index is -3.84. The molecule has 0 saturated carbocycles. The highest BCUT2D eigenvalue weighted by molar-refractivity contribution is 9.11. The van der Waals surface area contributed by atoms with Gasteiger partial charge in [0, 0.05) is 23.3 Å². The van der Waals surface area contributed by atoms with Crippen molar-refractivity contribution < 1.29 is 8.42 Å². The summed E-state index contributed by atoms with van der Waals surface area (Å²) in [5, 5.41) is 5.27. The highest BCUT2D eigenvalue weighted by Gasteiger charge is 2.28. The Morgan fingerprint density at radius 3 is 1.50 bits per heavy atom. The van der Waals surface area contributed by atoms with Crippen molar-refractivity contribution in [2.75, 3.05) is 5.73 Å².